The standard InChI is InChI=1S/C27H29ClFN7O4/c1-3-36(8-9-37)7-4-10-40-24-13-22-19(12-23(24)39-2)25(33-16-32-22)34-18-14-30-27(31-15-18)35-26(38)17-5-6-21(29)20(28)11-17/h5-6,11-16,37H,3-4,7-10H2,1-2H3,(H,32,33,34)(H,30,31,35,38). The first kappa shape index (κ1) is 28.9. The van der Waals surface area contributed by atoms with Gasteiger partial charge in [-0.2, -0.15) is 0 Å². The molecule has 0 bridgehead atoms. The molecule has 0 aliphatic carbocycles. The van der Waals surface area contributed by atoms with Gasteiger partial charge in [0.15, 0.2) is 11.5 Å². The van der Waals surface area contributed by atoms with Crippen molar-refractivity contribution >= 4 is 45.9 Å². The van der Waals surface area contributed by atoms with Gasteiger partial charge in [0.25, 0.3) is 5.91 Å². The number of benzene rings is 2. The van der Waals surface area contributed by atoms with E-state index in [1.165, 1.54) is 30.9 Å². The number of hydrogen-bond acceptors (Lipinski definition) is 10. The zero-order valence-electron chi connectivity index (χ0n) is 22.0. The van der Waals surface area contributed by atoms with Crippen molar-refractivity contribution in [1.29, 1.82) is 0 Å². The minimum absolute atomic E-state index is 0.0606. The molecule has 2 aromatic heterocycles. The first-order valence-corrected chi connectivity index (χ1v) is 12.9. The van der Waals surface area contributed by atoms with E-state index < -0.39 is 11.7 Å². The van der Waals surface area contributed by atoms with E-state index in [1.54, 1.807) is 19.2 Å². The molecule has 40 heavy (non-hydrogen) atoms. The van der Waals surface area contributed by atoms with Gasteiger partial charge < -0.3 is 24.8 Å². The van der Waals surface area contributed by atoms with Gasteiger partial charge in [-0.15, -0.1) is 0 Å². The summed E-state index contributed by atoms with van der Waals surface area (Å²) in [6.07, 6.45) is 5.19. The summed E-state index contributed by atoms with van der Waals surface area (Å²) in [5.41, 5.74) is 1.34. The van der Waals surface area contributed by atoms with Crippen LogP contribution in [0.2, 0.25) is 5.02 Å². The highest BCUT2D eigenvalue weighted by atomic mass is 35.5. The van der Waals surface area contributed by atoms with Crippen LogP contribution in [0.3, 0.4) is 0 Å². The molecule has 0 radical (unpaired) electrons. The van der Waals surface area contributed by atoms with Crippen LogP contribution in [0.15, 0.2) is 49.1 Å². The number of carbonyl (C=O) groups is 1. The molecule has 4 rings (SSSR count). The SMILES string of the molecule is CCN(CCO)CCCOc1cc2ncnc(Nc3cnc(NC(=O)c4ccc(F)c(Cl)c4)nc3)c2cc1OC. The van der Waals surface area contributed by atoms with Crippen LogP contribution in [0, 0.1) is 5.82 Å². The molecule has 0 aliphatic heterocycles. The molecule has 0 aliphatic rings. The third-order valence-electron chi connectivity index (χ3n) is 5.98. The highest BCUT2D eigenvalue weighted by Gasteiger charge is 2.14. The Bertz CT molecular complexity index is 1460. The molecule has 3 N–H and O–H groups in total. The van der Waals surface area contributed by atoms with Crippen molar-refractivity contribution in [2.45, 2.75) is 13.3 Å². The van der Waals surface area contributed by atoms with Gasteiger partial charge in [0.05, 0.1) is 48.9 Å². The predicted molar refractivity (Wildman–Crippen MR) is 150 cm³/mol. The lowest BCUT2D eigenvalue weighted by atomic mass is 10.2. The summed E-state index contributed by atoms with van der Waals surface area (Å²) in [6.45, 7) is 4.97. The number of ether oxygens (including phenoxy) is 2. The Kier molecular flexibility index (Phi) is 9.95. The average Bonchev–Trinajstić information content (AvgIpc) is 2.96. The summed E-state index contributed by atoms with van der Waals surface area (Å²) in [6, 6.07) is 7.24. The van der Waals surface area contributed by atoms with Gasteiger partial charge >= 0.3 is 0 Å². The summed E-state index contributed by atoms with van der Waals surface area (Å²) in [7, 11) is 1.56. The highest BCUT2D eigenvalue weighted by molar-refractivity contribution is 6.31. The number of aliphatic hydroxyl groups is 1. The summed E-state index contributed by atoms with van der Waals surface area (Å²) in [4.78, 5) is 31.6. The van der Waals surface area contributed by atoms with Crippen LogP contribution in [0.4, 0.5) is 21.8 Å². The molecule has 0 atom stereocenters. The molecule has 0 unspecified atom stereocenters. The minimum Gasteiger partial charge on any atom is -0.493 e. The number of nitrogens with one attached hydrogen (secondary N) is 2. The van der Waals surface area contributed by atoms with Gasteiger partial charge in [-0.1, -0.05) is 18.5 Å². The monoisotopic (exact) mass is 569 g/mol. The Balaban J connectivity index is 1.43. The normalized spacial score (nSPS) is 11.1. The van der Waals surface area contributed by atoms with E-state index in [-0.39, 0.29) is 23.1 Å². The van der Waals surface area contributed by atoms with Gasteiger partial charge in [0, 0.05) is 30.1 Å². The van der Waals surface area contributed by atoms with Crippen LogP contribution in [-0.2, 0) is 0 Å². The Morgan fingerprint density at radius 1 is 1.10 bits per heavy atom. The molecule has 2 heterocycles. The molecular formula is C27H29ClFN7O4. The Labute approximate surface area is 235 Å². The van der Waals surface area contributed by atoms with Crippen molar-refractivity contribution in [3.05, 3.63) is 65.5 Å². The third-order valence-corrected chi connectivity index (χ3v) is 6.27. The van der Waals surface area contributed by atoms with Gasteiger partial charge in [0.1, 0.15) is 18.0 Å². The smallest absolute Gasteiger partial charge is 0.258 e. The quantitative estimate of drug-likeness (QED) is 0.200. The van der Waals surface area contributed by atoms with Gasteiger partial charge in [-0.3, -0.25) is 10.1 Å². The second kappa shape index (κ2) is 13.8. The summed E-state index contributed by atoms with van der Waals surface area (Å²) in [5.74, 6) is 0.517. The van der Waals surface area contributed by atoms with Crippen molar-refractivity contribution in [1.82, 2.24) is 24.8 Å². The number of likely N-dealkylation sites (N-methyl/N-ethyl adjacent to an activating group) is 1. The third kappa shape index (κ3) is 7.29. The van der Waals surface area contributed by atoms with Crippen LogP contribution in [0.1, 0.15) is 23.7 Å². The number of aliphatic hydroxyl groups excluding tert-OH is 1. The summed E-state index contributed by atoms with van der Waals surface area (Å²) < 4.78 is 24.9. The predicted octanol–water partition coefficient (Wildman–Crippen LogP) is 4.30. The molecule has 11 nitrogen and oxygen atoms in total. The number of carbonyl (C=O) groups excluding carboxylic acids is 1. The van der Waals surface area contributed by atoms with E-state index in [4.69, 9.17) is 26.2 Å². The fraction of sp³-hybridized carbons (Fsp3) is 0.296. The maximum absolute atomic E-state index is 13.4. The average molecular weight is 570 g/mol. The van der Waals surface area contributed by atoms with E-state index in [0.29, 0.717) is 47.1 Å². The molecule has 210 valence electrons. The number of rotatable bonds is 13. The molecule has 2 aromatic carbocycles. The first-order valence-electron chi connectivity index (χ1n) is 12.6. The lowest BCUT2D eigenvalue weighted by Crippen LogP contribution is -2.28. The number of halogens is 2. The van der Waals surface area contributed by atoms with E-state index in [2.05, 4.69) is 42.4 Å². The number of aromatic nitrogens is 4. The zero-order chi connectivity index (χ0) is 28.5. The number of hydrogen-bond donors (Lipinski definition) is 3. The van der Waals surface area contributed by atoms with E-state index in [9.17, 15) is 9.18 Å². The van der Waals surface area contributed by atoms with Crippen molar-refractivity contribution in [2.75, 3.05) is 50.6 Å². The minimum atomic E-state index is -0.614. The fourth-order valence-electron chi connectivity index (χ4n) is 3.88. The Hall–Kier alpha value is -4.13. The zero-order valence-corrected chi connectivity index (χ0v) is 22.8. The Morgan fingerprint density at radius 2 is 1.90 bits per heavy atom. The van der Waals surface area contributed by atoms with Crippen molar-refractivity contribution in [2.24, 2.45) is 0 Å². The number of nitrogens with zero attached hydrogens (tertiary/aromatic N) is 5. The molecule has 0 saturated heterocycles. The molecule has 0 spiro atoms. The molecule has 13 heteroatoms. The molecule has 0 saturated carbocycles. The van der Waals surface area contributed by atoms with Crippen molar-refractivity contribution in [3.63, 3.8) is 0 Å². The van der Waals surface area contributed by atoms with Crippen LogP contribution in [-0.4, -0.2) is 75.8 Å². The first-order chi connectivity index (χ1) is 19.4. The lowest BCUT2D eigenvalue weighted by molar-refractivity contribution is 0.102. The fourth-order valence-corrected chi connectivity index (χ4v) is 4.06. The maximum Gasteiger partial charge on any atom is 0.258 e. The summed E-state index contributed by atoms with van der Waals surface area (Å²) in [5, 5.41) is 15.4. The molecular weight excluding hydrogens is 541 g/mol. The largest absolute Gasteiger partial charge is 0.493 e. The molecule has 1 amide bonds. The topological polar surface area (TPSA) is 135 Å². The van der Waals surface area contributed by atoms with Gasteiger partial charge in [0.2, 0.25) is 5.95 Å². The van der Waals surface area contributed by atoms with Crippen molar-refractivity contribution in [3.8, 4) is 11.5 Å². The van der Waals surface area contributed by atoms with Crippen LogP contribution in [0.5, 0.6) is 11.5 Å². The maximum atomic E-state index is 13.4. The van der Waals surface area contributed by atoms with Gasteiger partial charge in [-0.25, -0.2) is 24.3 Å². The number of fused-ring (bicyclic) bond motifs is 1. The number of methoxy groups -OCH3 is 1. The second-order valence-corrected chi connectivity index (χ2v) is 9.01. The molecule has 4 aromatic rings. The van der Waals surface area contributed by atoms with Crippen LogP contribution in [0.25, 0.3) is 10.9 Å². The van der Waals surface area contributed by atoms with Crippen molar-refractivity contribution < 1.29 is 23.8 Å². The summed E-state index contributed by atoms with van der Waals surface area (Å²) >= 11 is 5.75. The second-order valence-electron chi connectivity index (χ2n) is 8.61. The van der Waals surface area contributed by atoms with E-state index in [0.717, 1.165) is 25.6 Å². The lowest BCUT2D eigenvalue weighted by Gasteiger charge is -2.19. The number of amides is 1. The van der Waals surface area contributed by atoms with Gasteiger partial charge in [-0.05, 0) is 37.2 Å². The van der Waals surface area contributed by atoms with E-state index in [1.807, 2.05) is 0 Å². The van der Waals surface area contributed by atoms with Crippen LogP contribution < -0.4 is 20.1 Å². The van der Waals surface area contributed by atoms with E-state index >= 15 is 0 Å². The molecule has 0 fully saturated rings. The highest BCUT2D eigenvalue weighted by Crippen LogP contribution is 2.34. The Morgan fingerprint density at radius 3 is 2.60 bits per heavy atom. The van der Waals surface area contributed by atoms with Crippen LogP contribution >= 0.6 is 11.6 Å². The number of anilines is 3.